The van der Waals surface area contributed by atoms with Gasteiger partial charge in [0.15, 0.2) is 12.4 Å². The third kappa shape index (κ3) is 7.17. The van der Waals surface area contributed by atoms with Gasteiger partial charge in [0.25, 0.3) is 0 Å². The fraction of sp³-hybridized carbons (Fsp3) is 0.650. The van der Waals surface area contributed by atoms with Gasteiger partial charge in [-0.05, 0) is 51.8 Å². The van der Waals surface area contributed by atoms with E-state index in [1.807, 2.05) is 0 Å². The molecule has 2 rings (SSSR count). The van der Waals surface area contributed by atoms with Gasteiger partial charge in [0.05, 0.1) is 0 Å². The molecule has 23 heavy (non-hydrogen) atoms. The van der Waals surface area contributed by atoms with E-state index < -0.39 is 0 Å². The van der Waals surface area contributed by atoms with Crippen molar-refractivity contribution < 1.29 is 21.5 Å². The topological polar surface area (TPSA) is 7.12 Å². The largest absolute Gasteiger partial charge is 1.00 e. The van der Waals surface area contributed by atoms with Gasteiger partial charge in [0.2, 0.25) is 0 Å². The molecule has 2 heterocycles. The van der Waals surface area contributed by atoms with Crippen LogP contribution >= 0.6 is 0 Å². The SMILES string of the molecule is CCCCC/C=C/CCC[n+]1cccc(C2CCCN2C)c1.[Br-]. The summed E-state index contributed by atoms with van der Waals surface area (Å²) in [5, 5.41) is 0. The molecule has 1 fully saturated rings. The predicted molar refractivity (Wildman–Crippen MR) is 93.8 cm³/mol. The van der Waals surface area contributed by atoms with Crippen LogP contribution in [0, 0.1) is 0 Å². The third-order valence-corrected chi connectivity index (χ3v) is 4.71. The van der Waals surface area contributed by atoms with Crippen LogP contribution in [0.25, 0.3) is 0 Å². The Morgan fingerprint density at radius 3 is 2.70 bits per heavy atom. The number of aryl methyl sites for hydroxylation is 1. The van der Waals surface area contributed by atoms with Gasteiger partial charge in [0.1, 0.15) is 6.54 Å². The van der Waals surface area contributed by atoms with E-state index in [2.05, 4.69) is 60.1 Å². The molecular weight excluding hydrogens is 348 g/mol. The number of hydrogen-bond donors (Lipinski definition) is 0. The van der Waals surface area contributed by atoms with Crippen LogP contribution in [0.4, 0.5) is 0 Å². The Bertz CT molecular complexity index is 459. The number of allylic oxidation sites excluding steroid dienone is 2. The maximum absolute atomic E-state index is 2.48. The summed E-state index contributed by atoms with van der Waals surface area (Å²) in [7, 11) is 2.25. The minimum absolute atomic E-state index is 0. The molecule has 0 saturated carbocycles. The highest BCUT2D eigenvalue weighted by Crippen LogP contribution is 2.29. The quantitative estimate of drug-likeness (QED) is 0.359. The summed E-state index contributed by atoms with van der Waals surface area (Å²) in [5.74, 6) is 0. The summed E-state index contributed by atoms with van der Waals surface area (Å²) in [6.07, 6.45) is 19.7. The molecule has 1 aliphatic heterocycles. The van der Waals surface area contributed by atoms with Gasteiger partial charge in [-0.1, -0.05) is 31.9 Å². The molecule has 0 N–H and O–H groups in total. The molecule has 0 aliphatic carbocycles. The number of unbranched alkanes of at least 4 members (excludes halogenated alkanes) is 4. The van der Waals surface area contributed by atoms with Crippen LogP contribution < -0.4 is 21.5 Å². The fourth-order valence-corrected chi connectivity index (χ4v) is 3.35. The van der Waals surface area contributed by atoms with Crippen molar-refractivity contribution in [1.29, 1.82) is 0 Å². The van der Waals surface area contributed by atoms with Gasteiger partial charge in [-0.15, -0.1) is 0 Å². The lowest BCUT2D eigenvalue weighted by Crippen LogP contribution is -3.00. The first-order chi connectivity index (χ1) is 10.8. The van der Waals surface area contributed by atoms with Crippen LogP contribution in [0.15, 0.2) is 36.7 Å². The molecule has 1 aliphatic rings. The Labute approximate surface area is 153 Å². The van der Waals surface area contributed by atoms with Gasteiger partial charge in [-0.25, -0.2) is 4.57 Å². The number of hydrogen-bond acceptors (Lipinski definition) is 1. The van der Waals surface area contributed by atoms with Crippen LogP contribution in [0.2, 0.25) is 0 Å². The number of aromatic nitrogens is 1. The first kappa shape index (κ1) is 20.4. The van der Waals surface area contributed by atoms with E-state index >= 15 is 0 Å². The smallest absolute Gasteiger partial charge is 0.173 e. The molecule has 0 spiro atoms. The van der Waals surface area contributed by atoms with E-state index in [1.54, 1.807) is 0 Å². The monoisotopic (exact) mass is 380 g/mol. The summed E-state index contributed by atoms with van der Waals surface area (Å²) < 4.78 is 2.37. The van der Waals surface area contributed by atoms with Gasteiger partial charge in [-0.2, -0.15) is 0 Å². The number of pyridine rings is 1. The molecule has 0 bridgehead atoms. The molecule has 1 atom stereocenters. The first-order valence-electron chi connectivity index (χ1n) is 9.15. The van der Waals surface area contributed by atoms with Gasteiger partial charge >= 0.3 is 0 Å². The molecule has 3 heteroatoms. The van der Waals surface area contributed by atoms with Crippen molar-refractivity contribution in [2.24, 2.45) is 0 Å². The maximum atomic E-state index is 2.48. The van der Waals surface area contributed by atoms with Gasteiger partial charge in [-0.3, -0.25) is 4.90 Å². The van der Waals surface area contributed by atoms with Crippen molar-refractivity contribution >= 4 is 0 Å². The number of likely N-dealkylation sites (tertiary alicyclic amines) is 1. The normalized spacial score (nSPS) is 18.4. The molecule has 0 aromatic carbocycles. The molecule has 0 radical (unpaired) electrons. The second-order valence-corrected chi connectivity index (χ2v) is 6.62. The molecular formula is C20H33BrN2. The highest BCUT2D eigenvalue weighted by molar-refractivity contribution is 5.12. The molecule has 0 amide bonds. The average molecular weight is 381 g/mol. The van der Waals surface area contributed by atoms with E-state index in [0.29, 0.717) is 6.04 Å². The highest BCUT2D eigenvalue weighted by atomic mass is 79.9. The van der Waals surface area contributed by atoms with Crippen LogP contribution in [0.3, 0.4) is 0 Å². The van der Waals surface area contributed by atoms with E-state index in [9.17, 15) is 0 Å². The van der Waals surface area contributed by atoms with E-state index in [4.69, 9.17) is 0 Å². The van der Waals surface area contributed by atoms with Gasteiger partial charge < -0.3 is 17.0 Å². The zero-order valence-corrected chi connectivity index (χ0v) is 16.5. The Morgan fingerprint density at radius 2 is 2.00 bits per heavy atom. The van der Waals surface area contributed by atoms with E-state index in [-0.39, 0.29) is 17.0 Å². The fourth-order valence-electron chi connectivity index (χ4n) is 3.35. The first-order valence-corrected chi connectivity index (χ1v) is 9.15. The zero-order chi connectivity index (χ0) is 15.6. The summed E-state index contributed by atoms with van der Waals surface area (Å²) in [5.41, 5.74) is 1.48. The zero-order valence-electron chi connectivity index (χ0n) is 14.9. The number of rotatable bonds is 9. The lowest BCUT2D eigenvalue weighted by molar-refractivity contribution is -0.697. The summed E-state index contributed by atoms with van der Waals surface area (Å²) >= 11 is 0. The van der Waals surface area contributed by atoms with Crippen LogP contribution in [0.5, 0.6) is 0 Å². The summed E-state index contributed by atoms with van der Waals surface area (Å²) in [6.45, 7) is 4.63. The highest BCUT2D eigenvalue weighted by Gasteiger charge is 2.24. The van der Waals surface area contributed by atoms with Crippen molar-refractivity contribution in [2.75, 3.05) is 13.6 Å². The second kappa shape index (κ2) is 11.8. The van der Waals surface area contributed by atoms with E-state index in [1.165, 1.54) is 63.5 Å². The molecule has 1 unspecified atom stereocenters. The lowest BCUT2D eigenvalue weighted by Gasteiger charge is -2.18. The second-order valence-electron chi connectivity index (χ2n) is 6.62. The van der Waals surface area contributed by atoms with E-state index in [0.717, 1.165) is 6.54 Å². The Balaban J connectivity index is 0.00000264. The molecule has 1 saturated heterocycles. The molecule has 2 nitrogen and oxygen atoms in total. The van der Waals surface area contributed by atoms with Gasteiger partial charge in [0, 0.05) is 24.1 Å². The van der Waals surface area contributed by atoms with Crippen LogP contribution in [-0.2, 0) is 6.54 Å². The minimum atomic E-state index is 0. The van der Waals surface area contributed by atoms with Crippen molar-refractivity contribution in [3.05, 3.63) is 42.2 Å². The van der Waals surface area contributed by atoms with Crippen molar-refractivity contribution in [1.82, 2.24) is 4.90 Å². The molecule has 130 valence electrons. The number of nitrogens with zero attached hydrogens (tertiary/aromatic N) is 2. The predicted octanol–water partition coefficient (Wildman–Crippen LogP) is 1.66. The third-order valence-electron chi connectivity index (χ3n) is 4.71. The summed E-state index contributed by atoms with van der Waals surface area (Å²) in [4.78, 5) is 2.48. The number of halogens is 1. The van der Waals surface area contributed by atoms with Crippen molar-refractivity contribution in [2.45, 2.75) is 70.9 Å². The van der Waals surface area contributed by atoms with Crippen LogP contribution in [-0.4, -0.2) is 18.5 Å². The van der Waals surface area contributed by atoms with Crippen molar-refractivity contribution in [3.8, 4) is 0 Å². The minimum Gasteiger partial charge on any atom is -1.00 e. The lowest BCUT2D eigenvalue weighted by atomic mass is 10.1. The van der Waals surface area contributed by atoms with Crippen molar-refractivity contribution in [3.63, 3.8) is 0 Å². The maximum Gasteiger partial charge on any atom is 0.173 e. The van der Waals surface area contributed by atoms with Crippen LogP contribution in [0.1, 0.15) is 69.9 Å². The Morgan fingerprint density at radius 1 is 1.22 bits per heavy atom. The standard InChI is InChI=1S/C20H33N2.BrH/c1-3-4-5-6-7-8-9-10-16-22-17-11-13-19(18-22)20-14-12-15-21(20)2;/h7-8,11,13,17-18,20H,3-6,9-10,12,14-16H2,1-2H3;1H/q+1;/p-1/b8-7+;. The average Bonchev–Trinajstić information content (AvgIpc) is 2.96. The Kier molecular flexibility index (Phi) is 10.5. The Hall–Kier alpha value is -0.670. The molecule has 1 aromatic rings. The molecule has 1 aromatic heterocycles. The summed E-state index contributed by atoms with van der Waals surface area (Å²) in [6, 6.07) is 5.13.